The Morgan fingerprint density at radius 3 is 2.90 bits per heavy atom. The Morgan fingerprint density at radius 2 is 2.20 bits per heavy atom. The standard InChI is InChI=1S/C14H20N4OS/c1-9-16-11(8-20-9)6-13-17-14(19-18-13)7-12(15)10-4-2-3-5-10/h8,10,12H,2-7,15H2,1H3. The van der Waals surface area contributed by atoms with Crippen LogP contribution in [0.2, 0.25) is 0 Å². The number of aryl methyl sites for hydroxylation is 1. The van der Waals surface area contributed by atoms with Gasteiger partial charge in [-0.3, -0.25) is 0 Å². The summed E-state index contributed by atoms with van der Waals surface area (Å²) in [6, 6.07) is 0.146. The second kappa shape index (κ2) is 6.01. The van der Waals surface area contributed by atoms with Crippen molar-refractivity contribution in [1.29, 1.82) is 0 Å². The van der Waals surface area contributed by atoms with Gasteiger partial charge < -0.3 is 10.3 Å². The van der Waals surface area contributed by atoms with Gasteiger partial charge in [0, 0.05) is 17.8 Å². The monoisotopic (exact) mass is 292 g/mol. The van der Waals surface area contributed by atoms with Gasteiger partial charge in [-0.15, -0.1) is 11.3 Å². The highest BCUT2D eigenvalue weighted by Gasteiger charge is 2.24. The van der Waals surface area contributed by atoms with Crippen molar-refractivity contribution in [2.75, 3.05) is 0 Å². The highest BCUT2D eigenvalue weighted by atomic mass is 32.1. The molecule has 108 valence electrons. The molecule has 0 spiro atoms. The van der Waals surface area contributed by atoms with Crippen molar-refractivity contribution >= 4 is 11.3 Å². The first-order valence-electron chi connectivity index (χ1n) is 7.19. The summed E-state index contributed by atoms with van der Waals surface area (Å²) in [6.07, 6.45) is 6.40. The molecular weight excluding hydrogens is 272 g/mol. The number of aromatic nitrogens is 3. The fraction of sp³-hybridized carbons (Fsp3) is 0.643. The van der Waals surface area contributed by atoms with Crippen LogP contribution >= 0.6 is 11.3 Å². The number of hydrogen-bond donors (Lipinski definition) is 1. The predicted molar refractivity (Wildman–Crippen MR) is 77.6 cm³/mol. The second-order valence-electron chi connectivity index (χ2n) is 5.55. The first-order chi connectivity index (χ1) is 9.70. The maximum absolute atomic E-state index is 6.24. The average Bonchev–Trinajstić information content (AvgIpc) is 3.12. The highest BCUT2D eigenvalue weighted by Crippen LogP contribution is 2.28. The van der Waals surface area contributed by atoms with Gasteiger partial charge in [0.1, 0.15) is 0 Å². The maximum atomic E-state index is 6.24. The van der Waals surface area contributed by atoms with Crippen molar-refractivity contribution < 1.29 is 4.52 Å². The first-order valence-corrected chi connectivity index (χ1v) is 8.06. The van der Waals surface area contributed by atoms with E-state index < -0.39 is 0 Å². The number of hydrogen-bond acceptors (Lipinski definition) is 6. The van der Waals surface area contributed by atoms with Crippen LogP contribution in [0, 0.1) is 12.8 Å². The van der Waals surface area contributed by atoms with Gasteiger partial charge in [0.15, 0.2) is 5.82 Å². The van der Waals surface area contributed by atoms with E-state index in [1.807, 2.05) is 12.3 Å². The Labute approximate surface area is 122 Å². The number of thiazole rings is 1. The van der Waals surface area contributed by atoms with Crippen molar-refractivity contribution in [3.63, 3.8) is 0 Å². The molecule has 1 fully saturated rings. The lowest BCUT2D eigenvalue weighted by molar-refractivity contribution is 0.339. The Balaban J connectivity index is 1.58. The quantitative estimate of drug-likeness (QED) is 0.916. The van der Waals surface area contributed by atoms with Crippen LogP contribution in [-0.2, 0) is 12.8 Å². The van der Waals surface area contributed by atoms with E-state index in [1.165, 1.54) is 25.7 Å². The molecule has 0 bridgehead atoms. The molecule has 1 unspecified atom stereocenters. The number of nitrogens with two attached hydrogens (primary N) is 1. The molecule has 0 aliphatic heterocycles. The van der Waals surface area contributed by atoms with Crippen molar-refractivity contribution in [2.45, 2.75) is 51.5 Å². The fourth-order valence-corrected chi connectivity index (χ4v) is 3.46. The third kappa shape index (κ3) is 3.24. The zero-order chi connectivity index (χ0) is 13.9. The smallest absolute Gasteiger partial charge is 0.228 e. The molecule has 3 rings (SSSR count). The van der Waals surface area contributed by atoms with Crippen molar-refractivity contribution in [1.82, 2.24) is 15.1 Å². The number of rotatable bonds is 5. The predicted octanol–water partition coefficient (Wildman–Crippen LogP) is 2.49. The van der Waals surface area contributed by atoms with Crippen LogP contribution in [0.5, 0.6) is 0 Å². The van der Waals surface area contributed by atoms with E-state index in [9.17, 15) is 0 Å². The van der Waals surface area contributed by atoms with Crippen LogP contribution in [-0.4, -0.2) is 21.2 Å². The minimum Gasteiger partial charge on any atom is -0.339 e. The summed E-state index contributed by atoms with van der Waals surface area (Å²) in [5.74, 6) is 1.97. The van der Waals surface area contributed by atoms with E-state index in [4.69, 9.17) is 10.3 Å². The molecule has 6 heteroatoms. The summed E-state index contributed by atoms with van der Waals surface area (Å²) < 4.78 is 5.31. The minimum atomic E-state index is 0.146. The van der Waals surface area contributed by atoms with Gasteiger partial charge in [0.05, 0.1) is 17.1 Å². The van der Waals surface area contributed by atoms with Gasteiger partial charge in [-0.05, 0) is 25.7 Å². The molecule has 1 aliphatic carbocycles. The number of nitrogens with zero attached hydrogens (tertiary/aromatic N) is 3. The topological polar surface area (TPSA) is 77.8 Å². The first kappa shape index (κ1) is 13.7. The molecule has 0 amide bonds. The minimum absolute atomic E-state index is 0.146. The molecule has 2 aromatic rings. The zero-order valence-corrected chi connectivity index (χ0v) is 12.5. The summed E-state index contributed by atoms with van der Waals surface area (Å²) in [5, 5.41) is 7.12. The molecular formula is C14H20N4OS. The molecule has 1 aliphatic rings. The summed E-state index contributed by atoms with van der Waals surface area (Å²) in [7, 11) is 0. The Hall–Kier alpha value is -1.27. The molecule has 1 atom stereocenters. The van der Waals surface area contributed by atoms with Crippen LogP contribution in [0.1, 0.15) is 48.1 Å². The van der Waals surface area contributed by atoms with Crippen molar-refractivity contribution in [3.8, 4) is 0 Å². The molecule has 2 N–H and O–H groups in total. The van der Waals surface area contributed by atoms with Gasteiger partial charge >= 0.3 is 0 Å². The molecule has 0 radical (unpaired) electrons. The van der Waals surface area contributed by atoms with Gasteiger partial charge in [-0.1, -0.05) is 18.0 Å². The molecule has 1 saturated carbocycles. The SMILES string of the molecule is Cc1nc(Cc2noc(CC(N)C3CCCC3)n2)cs1. The van der Waals surface area contributed by atoms with Crippen LogP contribution in [0.25, 0.3) is 0 Å². The Kier molecular flexibility index (Phi) is 4.12. The largest absolute Gasteiger partial charge is 0.339 e. The van der Waals surface area contributed by atoms with Crippen LogP contribution in [0.15, 0.2) is 9.90 Å². The average molecular weight is 292 g/mol. The third-order valence-electron chi connectivity index (χ3n) is 3.93. The maximum Gasteiger partial charge on any atom is 0.228 e. The highest BCUT2D eigenvalue weighted by molar-refractivity contribution is 7.09. The fourth-order valence-electron chi connectivity index (χ4n) is 2.85. The van der Waals surface area contributed by atoms with E-state index in [-0.39, 0.29) is 6.04 Å². The second-order valence-corrected chi connectivity index (χ2v) is 6.61. The normalized spacial score (nSPS) is 17.7. The lowest BCUT2D eigenvalue weighted by atomic mass is 9.96. The summed E-state index contributed by atoms with van der Waals surface area (Å²) in [6.45, 7) is 2.00. The van der Waals surface area contributed by atoms with Gasteiger partial charge in [0.25, 0.3) is 0 Å². The molecule has 2 aromatic heterocycles. The van der Waals surface area contributed by atoms with Crippen LogP contribution in [0.3, 0.4) is 0 Å². The molecule has 2 heterocycles. The molecule has 0 aromatic carbocycles. The van der Waals surface area contributed by atoms with E-state index in [2.05, 4.69) is 15.1 Å². The van der Waals surface area contributed by atoms with E-state index >= 15 is 0 Å². The molecule has 0 saturated heterocycles. The lowest BCUT2D eigenvalue weighted by Crippen LogP contribution is -2.30. The van der Waals surface area contributed by atoms with E-state index in [0.717, 1.165) is 10.7 Å². The van der Waals surface area contributed by atoms with Crippen molar-refractivity contribution in [3.05, 3.63) is 27.8 Å². The van der Waals surface area contributed by atoms with E-state index in [1.54, 1.807) is 11.3 Å². The van der Waals surface area contributed by atoms with Gasteiger partial charge in [-0.25, -0.2) is 4.98 Å². The van der Waals surface area contributed by atoms with Gasteiger partial charge in [0.2, 0.25) is 5.89 Å². The van der Waals surface area contributed by atoms with E-state index in [0.29, 0.717) is 30.5 Å². The third-order valence-corrected chi connectivity index (χ3v) is 4.75. The Morgan fingerprint density at radius 1 is 1.40 bits per heavy atom. The van der Waals surface area contributed by atoms with Crippen molar-refractivity contribution in [2.24, 2.45) is 11.7 Å². The zero-order valence-electron chi connectivity index (χ0n) is 11.7. The van der Waals surface area contributed by atoms with Crippen LogP contribution in [0.4, 0.5) is 0 Å². The summed E-state index contributed by atoms with van der Waals surface area (Å²) in [5.41, 5.74) is 7.24. The molecule has 5 nitrogen and oxygen atoms in total. The Bertz CT molecular complexity index is 559. The lowest BCUT2D eigenvalue weighted by Gasteiger charge is -2.16. The summed E-state index contributed by atoms with van der Waals surface area (Å²) >= 11 is 1.64. The van der Waals surface area contributed by atoms with Gasteiger partial charge in [-0.2, -0.15) is 4.98 Å². The summed E-state index contributed by atoms with van der Waals surface area (Å²) in [4.78, 5) is 8.84. The van der Waals surface area contributed by atoms with Crippen LogP contribution < -0.4 is 5.73 Å². The molecule has 20 heavy (non-hydrogen) atoms.